The minimum Gasteiger partial charge on any atom is -0.447 e. The van der Waals surface area contributed by atoms with Crippen LogP contribution >= 0.6 is 11.8 Å². The van der Waals surface area contributed by atoms with Gasteiger partial charge >= 0.3 is 0 Å². The first kappa shape index (κ1) is 18.3. The first-order valence-electron chi connectivity index (χ1n) is 8.86. The molecule has 1 fully saturated rings. The molecule has 0 saturated carbocycles. The van der Waals surface area contributed by atoms with E-state index in [1.807, 2.05) is 22.9 Å². The molecule has 8 heteroatoms. The predicted octanol–water partition coefficient (Wildman–Crippen LogP) is 3.85. The van der Waals surface area contributed by atoms with Gasteiger partial charge in [-0.3, -0.25) is 4.57 Å². The third-order valence-electron chi connectivity index (χ3n) is 4.53. The van der Waals surface area contributed by atoms with Crippen LogP contribution in [0.2, 0.25) is 0 Å². The Morgan fingerprint density at radius 3 is 2.78 bits per heavy atom. The van der Waals surface area contributed by atoms with Crippen molar-refractivity contribution in [3.05, 3.63) is 60.1 Å². The van der Waals surface area contributed by atoms with Crippen LogP contribution in [0.15, 0.2) is 63.5 Å². The second kappa shape index (κ2) is 7.53. The number of hydrogen-bond acceptors (Lipinski definition) is 5. The first-order valence-corrected chi connectivity index (χ1v) is 11.3. The third-order valence-corrected chi connectivity index (χ3v) is 7.29. The fraction of sp³-hybridized carbons (Fsp3) is 0.316. The van der Waals surface area contributed by atoms with Gasteiger partial charge in [0.05, 0.1) is 5.75 Å². The summed E-state index contributed by atoms with van der Waals surface area (Å²) in [5.41, 5.74) is 2.23. The molecule has 0 spiro atoms. The van der Waals surface area contributed by atoms with Crippen molar-refractivity contribution in [2.45, 2.75) is 35.8 Å². The monoisotopic (exact) mass is 403 g/mol. The molecule has 3 heterocycles. The van der Waals surface area contributed by atoms with Crippen molar-refractivity contribution < 1.29 is 12.8 Å². The molecule has 1 aliphatic heterocycles. The number of nitrogens with zero attached hydrogens (tertiary/aromatic N) is 3. The van der Waals surface area contributed by atoms with E-state index in [-0.39, 0.29) is 5.09 Å². The van der Waals surface area contributed by atoms with E-state index in [0.717, 1.165) is 23.7 Å². The zero-order valence-electron chi connectivity index (χ0n) is 15.0. The molecule has 0 unspecified atom stereocenters. The molecule has 6 nitrogen and oxygen atoms in total. The average Bonchev–Trinajstić information content (AvgIpc) is 3.41. The van der Waals surface area contributed by atoms with E-state index in [0.29, 0.717) is 24.6 Å². The summed E-state index contributed by atoms with van der Waals surface area (Å²) in [7, 11) is -3.51. The van der Waals surface area contributed by atoms with Crippen LogP contribution in [0.3, 0.4) is 0 Å². The molecular weight excluding hydrogens is 382 g/mol. The highest BCUT2D eigenvalue weighted by Crippen LogP contribution is 2.28. The standard InChI is InChI=1S/C19H21N3O3S2/c1-15-5-4-6-16(13-15)22-12-9-20-19(22)26-14-17-7-8-18(25-17)27(23,24)21-10-2-3-11-21/h4-9,12-13H,2-3,10-11,14H2,1H3. The number of aryl methyl sites for hydroxylation is 1. The number of aromatic nitrogens is 2. The molecule has 0 aliphatic carbocycles. The van der Waals surface area contributed by atoms with E-state index in [4.69, 9.17) is 4.42 Å². The van der Waals surface area contributed by atoms with Gasteiger partial charge in [0.15, 0.2) is 5.16 Å². The normalized spacial score (nSPS) is 15.4. The third kappa shape index (κ3) is 3.83. The SMILES string of the molecule is Cc1cccc(-n2ccnc2SCc2ccc(S(=O)(=O)N3CCCC3)o2)c1. The van der Waals surface area contributed by atoms with E-state index in [1.54, 1.807) is 18.3 Å². The largest absolute Gasteiger partial charge is 0.447 e. The minimum absolute atomic E-state index is 0.0297. The van der Waals surface area contributed by atoms with Gasteiger partial charge in [0.2, 0.25) is 5.09 Å². The van der Waals surface area contributed by atoms with Crippen molar-refractivity contribution in [3.8, 4) is 5.69 Å². The predicted molar refractivity (Wildman–Crippen MR) is 105 cm³/mol. The van der Waals surface area contributed by atoms with Gasteiger partial charge in [-0.15, -0.1) is 0 Å². The molecule has 0 radical (unpaired) electrons. The second-order valence-corrected chi connectivity index (χ2v) is 9.35. The quantitative estimate of drug-likeness (QED) is 0.585. The lowest BCUT2D eigenvalue weighted by atomic mass is 10.2. The number of sulfonamides is 1. The van der Waals surface area contributed by atoms with Crippen molar-refractivity contribution in [2.24, 2.45) is 0 Å². The highest BCUT2D eigenvalue weighted by molar-refractivity contribution is 7.98. The smallest absolute Gasteiger partial charge is 0.276 e. The van der Waals surface area contributed by atoms with E-state index >= 15 is 0 Å². The van der Waals surface area contributed by atoms with Crippen molar-refractivity contribution in [1.82, 2.24) is 13.9 Å². The fourth-order valence-corrected chi connectivity index (χ4v) is 5.45. The van der Waals surface area contributed by atoms with Gasteiger partial charge in [-0.25, -0.2) is 13.4 Å². The summed E-state index contributed by atoms with van der Waals surface area (Å²) in [6.45, 7) is 3.19. The summed E-state index contributed by atoms with van der Waals surface area (Å²) in [4.78, 5) is 4.41. The summed E-state index contributed by atoms with van der Waals surface area (Å²) in [5.74, 6) is 1.13. The molecule has 0 N–H and O–H groups in total. The van der Waals surface area contributed by atoms with E-state index < -0.39 is 10.0 Å². The number of thioether (sulfide) groups is 1. The summed E-state index contributed by atoms with van der Waals surface area (Å²) in [5, 5.41) is 0.864. The Hall–Kier alpha value is -2.03. The number of benzene rings is 1. The molecule has 0 atom stereocenters. The lowest BCUT2D eigenvalue weighted by molar-refractivity contribution is 0.397. The maximum atomic E-state index is 12.6. The maximum absolute atomic E-state index is 12.6. The van der Waals surface area contributed by atoms with Crippen LogP contribution in [0.1, 0.15) is 24.2 Å². The molecule has 1 aromatic carbocycles. The van der Waals surface area contributed by atoms with Crippen molar-refractivity contribution >= 4 is 21.8 Å². The number of imidazole rings is 1. The average molecular weight is 404 g/mol. The molecule has 0 amide bonds. The highest BCUT2D eigenvalue weighted by Gasteiger charge is 2.29. The zero-order valence-corrected chi connectivity index (χ0v) is 16.7. The Balaban J connectivity index is 1.48. The fourth-order valence-electron chi connectivity index (χ4n) is 3.14. The van der Waals surface area contributed by atoms with Gasteiger partial charge in [-0.1, -0.05) is 23.9 Å². The van der Waals surface area contributed by atoms with Crippen LogP contribution in [-0.4, -0.2) is 35.4 Å². The van der Waals surface area contributed by atoms with Gasteiger partial charge in [-0.2, -0.15) is 4.31 Å². The van der Waals surface area contributed by atoms with E-state index in [2.05, 4.69) is 24.0 Å². The summed E-state index contributed by atoms with van der Waals surface area (Å²) >= 11 is 1.51. The number of rotatable bonds is 6. The van der Waals surface area contributed by atoms with Gasteiger partial charge in [0.1, 0.15) is 5.76 Å². The molecule has 0 bridgehead atoms. The lowest BCUT2D eigenvalue weighted by Gasteiger charge is -2.12. The molecule has 2 aromatic heterocycles. The van der Waals surface area contributed by atoms with Gasteiger partial charge < -0.3 is 4.42 Å². The maximum Gasteiger partial charge on any atom is 0.276 e. The summed E-state index contributed by atoms with van der Waals surface area (Å²) in [6.07, 6.45) is 5.49. The molecular formula is C19H21N3O3S2. The van der Waals surface area contributed by atoms with Crippen LogP contribution in [0, 0.1) is 6.92 Å². The van der Waals surface area contributed by atoms with Crippen molar-refractivity contribution in [1.29, 1.82) is 0 Å². The summed E-state index contributed by atoms with van der Waals surface area (Å²) in [6, 6.07) is 11.5. The van der Waals surface area contributed by atoms with E-state index in [9.17, 15) is 8.42 Å². The van der Waals surface area contributed by atoms with Crippen LogP contribution in [-0.2, 0) is 15.8 Å². The van der Waals surface area contributed by atoms with Crippen molar-refractivity contribution in [2.75, 3.05) is 13.1 Å². The number of furan rings is 1. The molecule has 3 aromatic rings. The first-order chi connectivity index (χ1) is 13.0. The Morgan fingerprint density at radius 1 is 1.19 bits per heavy atom. The second-order valence-electron chi connectivity index (χ2n) is 6.54. The topological polar surface area (TPSA) is 68.3 Å². The van der Waals surface area contributed by atoms with Crippen LogP contribution in [0.5, 0.6) is 0 Å². The minimum atomic E-state index is -3.51. The molecule has 1 saturated heterocycles. The van der Waals surface area contributed by atoms with E-state index in [1.165, 1.54) is 21.6 Å². The Kier molecular flexibility index (Phi) is 5.12. The molecule has 4 rings (SSSR count). The van der Waals surface area contributed by atoms with Gasteiger partial charge in [0.25, 0.3) is 10.0 Å². The number of hydrogen-bond donors (Lipinski definition) is 0. The lowest BCUT2D eigenvalue weighted by Crippen LogP contribution is -2.27. The highest BCUT2D eigenvalue weighted by atomic mass is 32.2. The van der Waals surface area contributed by atoms with Gasteiger partial charge in [0, 0.05) is 31.2 Å². The Labute approximate surface area is 163 Å². The molecule has 142 valence electrons. The Bertz CT molecular complexity index is 1030. The Morgan fingerprint density at radius 2 is 2.00 bits per heavy atom. The van der Waals surface area contributed by atoms with Gasteiger partial charge in [-0.05, 0) is 49.6 Å². The molecule has 27 heavy (non-hydrogen) atoms. The van der Waals surface area contributed by atoms with Crippen LogP contribution in [0.4, 0.5) is 0 Å². The van der Waals surface area contributed by atoms with Crippen LogP contribution < -0.4 is 0 Å². The summed E-state index contributed by atoms with van der Waals surface area (Å²) < 4.78 is 34.3. The van der Waals surface area contributed by atoms with Crippen molar-refractivity contribution in [3.63, 3.8) is 0 Å². The molecule has 1 aliphatic rings. The van der Waals surface area contributed by atoms with Crippen LogP contribution in [0.25, 0.3) is 5.69 Å². The zero-order chi connectivity index (χ0) is 18.9.